The maximum atomic E-state index is 11.7. The first-order chi connectivity index (χ1) is 9.74. The number of hydrogen-bond acceptors (Lipinski definition) is 4. The molecule has 1 N–H and O–H groups in total. The van der Waals surface area contributed by atoms with Crippen molar-refractivity contribution < 1.29 is 19.1 Å². The van der Waals surface area contributed by atoms with E-state index in [0.29, 0.717) is 12.6 Å². The van der Waals surface area contributed by atoms with Crippen molar-refractivity contribution in [1.82, 2.24) is 5.32 Å². The van der Waals surface area contributed by atoms with Gasteiger partial charge in [-0.2, -0.15) is 0 Å². The molecule has 1 heterocycles. The van der Waals surface area contributed by atoms with E-state index in [1.807, 2.05) is 0 Å². The smallest absolute Gasteiger partial charge is 0.306 e. The average Bonchev–Trinajstić information content (AvgIpc) is 2.97. The first-order valence-corrected chi connectivity index (χ1v) is 7.80. The van der Waals surface area contributed by atoms with E-state index in [1.165, 1.54) is 19.3 Å². The standard InChI is InChI=1S/C15H25NO4/c17-14(16-12-5-2-1-3-6-12)8-9-15(18)20-11-13-7-4-10-19-13/h12-13H,1-11H2,(H,16,17)/t13-/m1/s1. The zero-order valence-corrected chi connectivity index (χ0v) is 12.1. The fraction of sp³-hybridized carbons (Fsp3) is 0.867. The monoisotopic (exact) mass is 283 g/mol. The number of amides is 1. The van der Waals surface area contributed by atoms with Crippen LogP contribution in [0.4, 0.5) is 0 Å². The van der Waals surface area contributed by atoms with Crippen molar-refractivity contribution in [1.29, 1.82) is 0 Å². The lowest BCUT2D eigenvalue weighted by Gasteiger charge is -2.22. The highest BCUT2D eigenvalue weighted by molar-refractivity contribution is 5.81. The van der Waals surface area contributed by atoms with Gasteiger partial charge in [-0.05, 0) is 25.7 Å². The molecule has 2 rings (SSSR count). The Morgan fingerprint density at radius 3 is 2.55 bits per heavy atom. The molecule has 0 aromatic heterocycles. The van der Waals surface area contributed by atoms with Crippen LogP contribution in [0.2, 0.25) is 0 Å². The van der Waals surface area contributed by atoms with Gasteiger partial charge in [-0.15, -0.1) is 0 Å². The van der Waals surface area contributed by atoms with E-state index in [-0.39, 0.29) is 30.8 Å². The number of nitrogens with one attached hydrogen (secondary N) is 1. The Bertz CT molecular complexity index is 320. The summed E-state index contributed by atoms with van der Waals surface area (Å²) in [5.74, 6) is -0.342. The van der Waals surface area contributed by atoms with Crippen molar-refractivity contribution in [3.05, 3.63) is 0 Å². The number of ether oxygens (including phenoxy) is 2. The molecule has 1 saturated heterocycles. The lowest BCUT2D eigenvalue weighted by Crippen LogP contribution is -2.36. The SMILES string of the molecule is O=C(CCC(=O)OC[C@H]1CCCO1)NC1CCCCC1. The summed E-state index contributed by atoms with van der Waals surface area (Å²) in [6.45, 7) is 1.08. The van der Waals surface area contributed by atoms with Gasteiger partial charge < -0.3 is 14.8 Å². The summed E-state index contributed by atoms with van der Waals surface area (Å²) in [4.78, 5) is 23.3. The van der Waals surface area contributed by atoms with E-state index in [4.69, 9.17) is 9.47 Å². The molecule has 0 unspecified atom stereocenters. The second-order valence-electron chi connectivity index (χ2n) is 5.72. The fourth-order valence-corrected chi connectivity index (χ4v) is 2.80. The van der Waals surface area contributed by atoms with E-state index in [9.17, 15) is 9.59 Å². The third kappa shape index (κ3) is 5.49. The molecule has 0 spiro atoms. The van der Waals surface area contributed by atoms with Gasteiger partial charge in [0.15, 0.2) is 0 Å². The van der Waals surface area contributed by atoms with Gasteiger partial charge in [0.25, 0.3) is 0 Å². The molecular weight excluding hydrogens is 258 g/mol. The van der Waals surface area contributed by atoms with E-state index in [2.05, 4.69) is 5.32 Å². The van der Waals surface area contributed by atoms with Crippen molar-refractivity contribution >= 4 is 11.9 Å². The normalized spacial score (nSPS) is 23.5. The summed E-state index contributed by atoms with van der Waals surface area (Å²) in [7, 11) is 0. The van der Waals surface area contributed by atoms with Gasteiger partial charge in [0.2, 0.25) is 5.91 Å². The molecule has 0 radical (unpaired) electrons. The minimum atomic E-state index is -0.306. The first-order valence-electron chi connectivity index (χ1n) is 7.80. The van der Waals surface area contributed by atoms with Gasteiger partial charge in [-0.1, -0.05) is 19.3 Å². The van der Waals surface area contributed by atoms with Crippen LogP contribution in [0.1, 0.15) is 57.8 Å². The third-order valence-electron chi connectivity index (χ3n) is 3.98. The minimum absolute atomic E-state index is 0.0361. The Labute approximate surface area is 120 Å². The molecular formula is C15H25NO4. The van der Waals surface area contributed by atoms with Crippen molar-refractivity contribution in [2.24, 2.45) is 0 Å². The van der Waals surface area contributed by atoms with Crippen LogP contribution in [0.25, 0.3) is 0 Å². The number of carbonyl (C=O) groups is 2. The minimum Gasteiger partial charge on any atom is -0.463 e. The Kier molecular flexibility index (Phi) is 6.30. The van der Waals surface area contributed by atoms with Crippen LogP contribution >= 0.6 is 0 Å². The van der Waals surface area contributed by atoms with E-state index in [1.54, 1.807) is 0 Å². The molecule has 0 aromatic carbocycles. The molecule has 2 aliphatic rings. The molecule has 2 fully saturated rings. The number of hydrogen-bond donors (Lipinski definition) is 1. The van der Waals surface area contributed by atoms with Crippen LogP contribution in [0.5, 0.6) is 0 Å². The molecule has 1 saturated carbocycles. The zero-order chi connectivity index (χ0) is 14.2. The average molecular weight is 283 g/mol. The molecule has 1 amide bonds. The maximum absolute atomic E-state index is 11.7. The van der Waals surface area contributed by atoms with Gasteiger partial charge in [0.05, 0.1) is 12.5 Å². The molecule has 5 nitrogen and oxygen atoms in total. The Morgan fingerprint density at radius 1 is 1.05 bits per heavy atom. The van der Waals surface area contributed by atoms with Crippen LogP contribution in [-0.4, -0.2) is 37.2 Å². The molecule has 1 atom stereocenters. The van der Waals surface area contributed by atoms with Crippen molar-refractivity contribution in [2.45, 2.75) is 69.9 Å². The van der Waals surface area contributed by atoms with Gasteiger partial charge >= 0.3 is 5.97 Å². The summed E-state index contributed by atoms with van der Waals surface area (Å²) in [6, 6.07) is 0.305. The van der Waals surface area contributed by atoms with E-state index in [0.717, 1.165) is 32.3 Å². The largest absolute Gasteiger partial charge is 0.463 e. The second kappa shape index (κ2) is 8.25. The summed E-state index contributed by atoms with van der Waals surface area (Å²) in [5, 5.41) is 3.00. The van der Waals surface area contributed by atoms with Gasteiger partial charge in [-0.3, -0.25) is 9.59 Å². The molecule has 1 aliphatic heterocycles. The van der Waals surface area contributed by atoms with Crippen molar-refractivity contribution in [3.63, 3.8) is 0 Å². The summed E-state index contributed by atoms with van der Waals surface area (Å²) in [6.07, 6.45) is 8.19. The van der Waals surface area contributed by atoms with Crippen LogP contribution in [-0.2, 0) is 19.1 Å². The lowest BCUT2D eigenvalue weighted by molar-refractivity contribution is -0.148. The predicted molar refractivity (Wildman–Crippen MR) is 74.2 cm³/mol. The topological polar surface area (TPSA) is 64.6 Å². The number of carbonyl (C=O) groups excluding carboxylic acids is 2. The quantitative estimate of drug-likeness (QED) is 0.757. The first kappa shape index (κ1) is 15.3. The van der Waals surface area contributed by atoms with E-state index >= 15 is 0 Å². The summed E-state index contributed by atoms with van der Waals surface area (Å²) < 4.78 is 10.5. The predicted octanol–water partition coefficient (Wildman–Crippen LogP) is 1.94. The highest BCUT2D eigenvalue weighted by atomic mass is 16.6. The van der Waals surface area contributed by atoms with Crippen LogP contribution in [0, 0.1) is 0 Å². The lowest BCUT2D eigenvalue weighted by atomic mass is 9.95. The van der Waals surface area contributed by atoms with Crippen molar-refractivity contribution in [2.75, 3.05) is 13.2 Å². The highest BCUT2D eigenvalue weighted by Gasteiger charge is 2.19. The maximum Gasteiger partial charge on any atom is 0.306 e. The second-order valence-corrected chi connectivity index (χ2v) is 5.72. The molecule has 0 aromatic rings. The van der Waals surface area contributed by atoms with Crippen LogP contribution in [0.15, 0.2) is 0 Å². The molecule has 5 heteroatoms. The van der Waals surface area contributed by atoms with Crippen LogP contribution in [0.3, 0.4) is 0 Å². The third-order valence-corrected chi connectivity index (χ3v) is 3.98. The van der Waals surface area contributed by atoms with Crippen molar-refractivity contribution in [3.8, 4) is 0 Å². The molecule has 20 heavy (non-hydrogen) atoms. The van der Waals surface area contributed by atoms with Gasteiger partial charge in [-0.25, -0.2) is 0 Å². The van der Waals surface area contributed by atoms with E-state index < -0.39 is 0 Å². The fourth-order valence-electron chi connectivity index (χ4n) is 2.80. The molecule has 114 valence electrons. The van der Waals surface area contributed by atoms with Gasteiger partial charge in [0, 0.05) is 19.1 Å². The molecule has 0 bridgehead atoms. The number of rotatable bonds is 6. The van der Waals surface area contributed by atoms with Crippen LogP contribution < -0.4 is 5.32 Å². The Morgan fingerprint density at radius 2 is 1.85 bits per heavy atom. The summed E-state index contributed by atoms with van der Waals surface area (Å²) in [5.41, 5.74) is 0. The highest BCUT2D eigenvalue weighted by Crippen LogP contribution is 2.17. The number of esters is 1. The summed E-state index contributed by atoms with van der Waals surface area (Å²) >= 11 is 0. The zero-order valence-electron chi connectivity index (χ0n) is 12.1. The Balaban J connectivity index is 1.53. The Hall–Kier alpha value is -1.10. The van der Waals surface area contributed by atoms with Gasteiger partial charge in [0.1, 0.15) is 6.61 Å². The molecule has 1 aliphatic carbocycles.